The average molecular weight is 479 g/mol. The van der Waals surface area contributed by atoms with E-state index in [0.29, 0.717) is 33.3 Å². The number of hydrogen-bond donors (Lipinski definition) is 2. The van der Waals surface area contributed by atoms with Crippen molar-refractivity contribution in [3.8, 4) is 11.5 Å². The van der Waals surface area contributed by atoms with Gasteiger partial charge in [-0.3, -0.25) is 0 Å². The predicted molar refractivity (Wildman–Crippen MR) is 129 cm³/mol. The van der Waals surface area contributed by atoms with Crippen LogP contribution in [0.25, 0.3) is 5.70 Å². The molecule has 2 N–H and O–H groups in total. The first-order chi connectivity index (χ1) is 16.5. The Balaban J connectivity index is 1.77. The summed E-state index contributed by atoms with van der Waals surface area (Å²) in [5, 5.41) is 6.17. The maximum Gasteiger partial charge on any atom is 0.338 e. The van der Waals surface area contributed by atoms with Crippen molar-refractivity contribution >= 4 is 29.3 Å². The minimum Gasteiger partial charge on any atom is -0.497 e. The van der Waals surface area contributed by atoms with Crippen LogP contribution in [-0.2, 0) is 16.1 Å². The molecule has 4 rings (SSSR count). The summed E-state index contributed by atoms with van der Waals surface area (Å²) in [6.45, 7) is 0.220. The Kier molecular flexibility index (Phi) is 7.04. The third-order valence-corrected chi connectivity index (χ3v) is 5.80. The first kappa shape index (κ1) is 23.2. The number of urea groups is 1. The minimum absolute atomic E-state index is 0.220. The number of hydrogen-bond acceptors (Lipinski definition) is 5. The molecule has 0 spiro atoms. The van der Waals surface area contributed by atoms with Crippen LogP contribution in [-0.4, -0.2) is 26.2 Å². The van der Waals surface area contributed by atoms with Crippen LogP contribution in [0.15, 0.2) is 78.4 Å². The molecule has 2 amide bonds. The van der Waals surface area contributed by atoms with Crippen molar-refractivity contribution in [1.29, 1.82) is 0 Å². The number of amides is 2. The number of carbonyl (C=O) groups excluding carboxylic acids is 2. The highest BCUT2D eigenvalue weighted by Crippen LogP contribution is 2.37. The van der Waals surface area contributed by atoms with Gasteiger partial charge in [-0.1, -0.05) is 48.0 Å². The number of nitrogens with one attached hydrogen (secondary N) is 2. The van der Waals surface area contributed by atoms with Gasteiger partial charge in [-0.05, 0) is 42.0 Å². The van der Waals surface area contributed by atoms with Gasteiger partial charge in [-0.15, -0.1) is 0 Å². The average Bonchev–Trinajstić information content (AvgIpc) is 2.87. The van der Waals surface area contributed by atoms with E-state index in [4.69, 9.17) is 25.8 Å². The van der Waals surface area contributed by atoms with Crippen LogP contribution in [0.5, 0.6) is 11.5 Å². The van der Waals surface area contributed by atoms with E-state index in [0.717, 1.165) is 5.56 Å². The van der Waals surface area contributed by atoms with E-state index in [9.17, 15) is 9.59 Å². The fourth-order valence-corrected chi connectivity index (χ4v) is 3.92. The van der Waals surface area contributed by atoms with Crippen molar-refractivity contribution in [2.75, 3.05) is 14.2 Å². The van der Waals surface area contributed by atoms with E-state index >= 15 is 0 Å². The van der Waals surface area contributed by atoms with Gasteiger partial charge in [0.2, 0.25) is 0 Å². The van der Waals surface area contributed by atoms with Crippen LogP contribution >= 0.6 is 11.6 Å². The van der Waals surface area contributed by atoms with Crippen LogP contribution in [0.1, 0.15) is 22.7 Å². The van der Waals surface area contributed by atoms with Crippen LogP contribution < -0.4 is 20.1 Å². The largest absolute Gasteiger partial charge is 0.497 e. The maximum absolute atomic E-state index is 12.9. The SMILES string of the molecule is COC(=O)C1=C(c2ccc(OC)cc2)NC(=O)NC1c1ccccc1OCc1ccccc1Cl. The van der Waals surface area contributed by atoms with Gasteiger partial charge in [-0.2, -0.15) is 0 Å². The van der Waals surface area contributed by atoms with Crippen LogP contribution in [0, 0.1) is 0 Å². The summed E-state index contributed by atoms with van der Waals surface area (Å²) in [6.07, 6.45) is 0. The number of methoxy groups -OCH3 is 2. The van der Waals surface area contributed by atoms with Crippen LogP contribution in [0.3, 0.4) is 0 Å². The smallest absolute Gasteiger partial charge is 0.338 e. The fourth-order valence-electron chi connectivity index (χ4n) is 3.73. The number of halogens is 1. The molecule has 174 valence electrons. The van der Waals surface area contributed by atoms with Crippen molar-refractivity contribution in [2.24, 2.45) is 0 Å². The molecule has 0 saturated carbocycles. The first-order valence-corrected chi connectivity index (χ1v) is 10.9. The van der Waals surface area contributed by atoms with Crippen molar-refractivity contribution in [3.05, 3.63) is 100 Å². The highest BCUT2D eigenvalue weighted by Gasteiger charge is 2.35. The number of carbonyl (C=O) groups is 2. The molecular weight excluding hydrogens is 456 g/mol. The van der Waals surface area contributed by atoms with E-state index in [-0.39, 0.29) is 12.2 Å². The molecule has 7 nitrogen and oxygen atoms in total. The third kappa shape index (κ3) is 4.84. The lowest BCUT2D eigenvalue weighted by Gasteiger charge is -2.30. The van der Waals surface area contributed by atoms with Gasteiger partial charge >= 0.3 is 12.0 Å². The molecule has 0 bridgehead atoms. The number of esters is 1. The Bertz CT molecular complexity index is 1240. The van der Waals surface area contributed by atoms with E-state index in [2.05, 4.69) is 10.6 Å². The Labute approximate surface area is 202 Å². The third-order valence-electron chi connectivity index (χ3n) is 5.43. The number of rotatable bonds is 7. The van der Waals surface area contributed by atoms with E-state index in [1.165, 1.54) is 7.11 Å². The zero-order chi connectivity index (χ0) is 24.1. The standard InChI is InChI=1S/C26H23ClN2O5/c1-32-18-13-11-16(12-14-18)23-22(25(30)33-2)24(29-26(31)28-23)19-8-4-6-10-21(19)34-15-17-7-3-5-9-20(17)27/h3-14,24H,15H2,1-2H3,(H2,28,29,31). The van der Waals surface area contributed by atoms with E-state index in [1.807, 2.05) is 30.3 Å². The summed E-state index contributed by atoms with van der Waals surface area (Å²) >= 11 is 6.27. The Hall–Kier alpha value is -3.97. The molecular formula is C26H23ClN2O5. The zero-order valence-corrected chi connectivity index (χ0v) is 19.4. The van der Waals surface area contributed by atoms with E-state index < -0.39 is 18.0 Å². The van der Waals surface area contributed by atoms with Crippen molar-refractivity contribution in [1.82, 2.24) is 10.6 Å². The molecule has 0 fully saturated rings. The van der Waals surface area contributed by atoms with Gasteiger partial charge in [-0.25, -0.2) is 9.59 Å². The molecule has 3 aromatic carbocycles. The Morgan fingerprint density at radius 1 is 0.971 bits per heavy atom. The first-order valence-electron chi connectivity index (χ1n) is 10.5. The lowest BCUT2D eigenvalue weighted by molar-refractivity contribution is -0.136. The van der Waals surface area contributed by atoms with Crippen LogP contribution in [0.2, 0.25) is 5.02 Å². The molecule has 34 heavy (non-hydrogen) atoms. The second-order valence-corrected chi connectivity index (χ2v) is 7.87. The second-order valence-electron chi connectivity index (χ2n) is 7.46. The monoisotopic (exact) mass is 478 g/mol. The zero-order valence-electron chi connectivity index (χ0n) is 18.6. The van der Waals surface area contributed by atoms with E-state index in [1.54, 1.807) is 49.6 Å². The summed E-state index contributed by atoms with van der Waals surface area (Å²) in [5.41, 5.74) is 2.66. The van der Waals surface area contributed by atoms with Gasteiger partial charge < -0.3 is 24.8 Å². The van der Waals surface area contributed by atoms with Gasteiger partial charge in [0.05, 0.1) is 31.5 Å². The van der Waals surface area contributed by atoms with Crippen LogP contribution in [0.4, 0.5) is 4.79 Å². The molecule has 0 radical (unpaired) electrons. The molecule has 1 unspecified atom stereocenters. The topological polar surface area (TPSA) is 85.9 Å². The molecule has 1 aliphatic heterocycles. The lowest BCUT2D eigenvalue weighted by atomic mass is 9.92. The predicted octanol–water partition coefficient (Wildman–Crippen LogP) is 4.87. The molecule has 8 heteroatoms. The molecule has 0 saturated heterocycles. The maximum atomic E-state index is 12.9. The molecule has 3 aromatic rings. The summed E-state index contributed by atoms with van der Waals surface area (Å²) in [7, 11) is 2.87. The van der Waals surface area contributed by atoms with Crippen molar-refractivity contribution in [2.45, 2.75) is 12.6 Å². The van der Waals surface area contributed by atoms with Gasteiger partial charge in [0.25, 0.3) is 0 Å². The molecule has 0 aromatic heterocycles. The summed E-state index contributed by atoms with van der Waals surface area (Å²) < 4.78 is 16.4. The number of ether oxygens (including phenoxy) is 3. The normalized spacial score (nSPS) is 15.3. The Morgan fingerprint density at radius 2 is 1.68 bits per heavy atom. The van der Waals surface area contributed by atoms with Crippen molar-refractivity contribution in [3.63, 3.8) is 0 Å². The Morgan fingerprint density at radius 3 is 2.38 bits per heavy atom. The number of para-hydroxylation sites is 1. The molecule has 1 atom stereocenters. The molecule has 1 aliphatic rings. The summed E-state index contributed by atoms with van der Waals surface area (Å²) in [6, 6.07) is 20.4. The van der Waals surface area contributed by atoms with Gasteiger partial charge in [0.15, 0.2) is 0 Å². The van der Waals surface area contributed by atoms with Gasteiger partial charge in [0.1, 0.15) is 18.1 Å². The molecule has 1 heterocycles. The molecule has 0 aliphatic carbocycles. The summed E-state index contributed by atoms with van der Waals surface area (Å²) in [5.74, 6) is 0.577. The quantitative estimate of drug-likeness (QED) is 0.473. The highest BCUT2D eigenvalue weighted by atomic mass is 35.5. The van der Waals surface area contributed by atoms with Crippen molar-refractivity contribution < 1.29 is 23.8 Å². The minimum atomic E-state index is -0.805. The highest BCUT2D eigenvalue weighted by molar-refractivity contribution is 6.31. The summed E-state index contributed by atoms with van der Waals surface area (Å²) in [4.78, 5) is 25.6. The van der Waals surface area contributed by atoms with Gasteiger partial charge in [0, 0.05) is 16.1 Å². The number of benzene rings is 3. The second kappa shape index (κ2) is 10.3. The fraction of sp³-hybridized carbons (Fsp3) is 0.154. The lowest BCUT2D eigenvalue weighted by Crippen LogP contribution is -2.45.